The molecule has 0 aromatic carbocycles. The van der Waals surface area contributed by atoms with Gasteiger partial charge in [-0.25, -0.2) is 4.79 Å². The quantitative estimate of drug-likeness (QED) is 0.897. The third-order valence-electron chi connectivity index (χ3n) is 5.82. The molecule has 120 valence electrons. The first-order valence-electron chi connectivity index (χ1n) is 8.13. The Kier molecular flexibility index (Phi) is 3.32. The van der Waals surface area contributed by atoms with Gasteiger partial charge in [0.15, 0.2) is 0 Å². The molecule has 0 atom stereocenters. The van der Waals surface area contributed by atoms with E-state index in [4.69, 9.17) is 9.52 Å². The molecule has 4 rings (SSSR count). The van der Waals surface area contributed by atoms with Crippen molar-refractivity contribution in [3.05, 3.63) is 12.3 Å². The maximum absolute atomic E-state index is 11.1. The van der Waals surface area contributed by atoms with E-state index in [2.05, 4.69) is 15.1 Å². The Balaban J connectivity index is 1.27. The van der Waals surface area contributed by atoms with Crippen LogP contribution in [0.5, 0.6) is 0 Å². The summed E-state index contributed by atoms with van der Waals surface area (Å²) in [6.07, 6.45) is 6.14. The number of likely N-dealkylation sites (tertiary alicyclic amines) is 2. The fraction of sp³-hybridized carbons (Fsp3) is 0.800. The fourth-order valence-electron chi connectivity index (χ4n) is 4.50. The second kappa shape index (κ2) is 5.22. The monoisotopic (exact) mass is 306 g/mol. The lowest BCUT2D eigenvalue weighted by molar-refractivity contribution is -0.00499. The summed E-state index contributed by atoms with van der Waals surface area (Å²) >= 11 is 0. The smallest absolute Gasteiger partial charge is 0.407 e. The first-order chi connectivity index (χ1) is 10.7. The van der Waals surface area contributed by atoms with Gasteiger partial charge in [0.1, 0.15) is 0 Å². The van der Waals surface area contributed by atoms with Crippen molar-refractivity contribution in [2.45, 2.75) is 44.1 Å². The van der Waals surface area contributed by atoms with Gasteiger partial charge in [-0.2, -0.15) is 0 Å². The average Bonchev–Trinajstić information content (AvgIpc) is 3.15. The Hall–Kier alpha value is -1.63. The minimum Gasteiger partial charge on any atom is -0.465 e. The van der Waals surface area contributed by atoms with Gasteiger partial charge in [0.25, 0.3) is 0 Å². The van der Waals surface area contributed by atoms with Gasteiger partial charge >= 0.3 is 6.09 Å². The predicted molar refractivity (Wildman–Crippen MR) is 77.5 cm³/mol. The molecule has 1 amide bonds. The first kappa shape index (κ1) is 14.0. The minimum atomic E-state index is -0.763. The van der Waals surface area contributed by atoms with Crippen molar-refractivity contribution in [1.82, 2.24) is 20.0 Å². The Morgan fingerprint density at radius 2 is 2.09 bits per heavy atom. The summed E-state index contributed by atoms with van der Waals surface area (Å²) in [4.78, 5) is 15.2. The lowest BCUT2D eigenvalue weighted by Gasteiger charge is -2.51. The molecule has 1 aromatic heterocycles. The summed E-state index contributed by atoms with van der Waals surface area (Å²) in [6.45, 7) is 3.60. The van der Waals surface area contributed by atoms with Crippen molar-refractivity contribution in [2.24, 2.45) is 5.41 Å². The predicted octanol–water partition coefficient (Wildman–Crippen LogP) is 1.78. The number of nitrogens with zero attached hydrogens (tertiary/aromatic N) is 4. The Morgan fingerprint density at radius 1 is 1.32 bits per heavy atom. The van der Waals surface area contributed by atoms with Crippen LogP contribution in [0.2, 0.25) is 0 Å². The molecular formula is C15H22N4O3. The molecule has 0 unspecified atom stereocenters. The van der Waals surface area contributed by atoms with Crippen LogP contribution in [-0.4, -0.2) is 63.4 Å². The Labute approximate surface area is 129 Å². The van der Waals surface area contributed by atoms with Crippen molar-refractivity contribution in [3.63, 3.8) is 0 Å². The van der Waals surface area contributed by atoms with Crippen LogP contribution in [0.25, 0.3) is 0 Å². The second-order valence-corrected chi connectivity index (χ2v) is 7.10. The molecule has 1 aliphatic carbocycles. The maximum Gasteiger partial charge on any atom is 0.407 e. The zero-order chi connectivity index (χ0) is 15.2. The van der Waals surface area contributed by atoms with E-state index in [0.29, 0.717) is 18.5 Å². The van der Waals surface area contributed by atoms with Gasteiger partial charge in [0, 0.05) is 25.0 Å². The maximum atomic E-state index is 11.1. The highest BCUT2D eigenvalue weighted by atomic mass is 16.4. The topological polar surface area (TPSA) is 82.7 Å². The summed E-state index contributed by atoms with van der Waals surface area (Å²) in [5.41, 5.74) is 0.270. The van der Waals surface area contributed by atoms with Gasteiger partial charge < -0.3 is 19.3 Å². The average molecular weight is 306 g/mol. The fourth-order valence-corrected chi connectivity index (χ4v) is 4.50. The highest BCUT2D eigenvalue weighted by Gasteiger charge is 2.51. The number of piperidine rings is 1. The molecule has 2 aliphatic heterocycles. The van der Waals surface area contributed by atoms with E-state index in [9.17, 15) is 4.79 Å². The SMILES string of the molecule is O=C(O)N1CCC2(CC(N3CCC(c4nnco4)CC3)C2)C1. The minimum absolute atomic E-state index is 0.270. The van der Waals surface area contributed by atoms with E-state index >= 15 is 0 Å². The number of carboxylic acid groups (broad SMARTS) is 1. The molecular weight excluding hydrogens is 284 g/mol. The highest BCUT2D eigenvalue weighted by Crippen LogP contribution is 2.50. The van der Waals surface area contributed by atoms with E-state index < -0.39 is 6.09 Å². The molecule has 1 N–H and O–H groups in total. The lowest BCUT2D eigenvalue weighted by atomic mass is 9.64. The van der Waals surface area contributed by atoms with Gasteiger partial charge in [0.2, 0.25) is 12.3 Å². The Morgan fingerprint density at radius 3 is 2.68 bits per heavy atom. The van der Waals surface area contributed by atoms with Gasteiger partial charge in [-0.05, 0) is 50.6 Å². The summed E-state index contributed by atoms with van der Waals surface area (Å²) < 4.78 is 5.32. The molecule has 2 saturated heterocycles. The molecule has 7 heteroatoms. The highest BCUT2D eigenvalue weighted by molar-refractivity contribution is 5.65. The van der Waals surface area contributed by atoms with Crippen molar-refractivity contribution < 1.29 is 14.3 Å². The molecule has 22 heavy (non-hydrogen) atoms. The van der Waals surface area contributed by atoms with Crippen molar-refractivity contribution in [1.29, 1.82) is 0 Å². The van der Waals surface area contributed by atoms with E-state index in [1.807, 2.05) is 0 Å². The van der Waals surface area contributed by atoms with Crippen LogP contribution in [0, 0.1) is 5.41 Å². The van der Waals surface area contributed by atoms with Crippen LogP contribution in [0.1, 0.15) is 43.9 Å². The number of carbonyl (C=O) groups is 1. The van der Waals surface area contributed by atoms with E-state index in [1.54, 1.807) is 4.90 Å². The number of amides is 1. The summed E-state index contributed by atoms with van der Waals surface area (Å²) in [6, 6.07) is 0.636. The van der Waals surface area contributed by atoms with Crippen LogP contribution < -0.4 is 0 Å². The molecule has 3 aliphatic rings. The number of hydrogen-bond donors (Lipinski definition) is 1. The van der Waals surface area contributed by atoms with E-state index in [0.717, 1.165) is 57.6 Å². The molecule has 0 radical (unpaired) electrons. The molecule has 3 fully saturated rings. The zero-order valence-electron chi connectivity index (χ0n) is 12.6. The summed E-state index contributed by atoms with van der Waals surface area (Å²) in [7, 11) is 0. The van der Waals surface area contributed by atoms with E-state index in [-0.39, 0.29) is 5.41 Å². The molecule has 1 saturated carbocycles. The van der Waals surface area contributed by atoms with Crippen LogP contribution in [0.4, 0.5) is 4.79 Å². The van der Waals surface area contributed by atoms with Crippen LogP contribution in [-0.2, 0) is 0 Å². The first-order valence-corrected chi connectivity index (χ1v) is 8.13. The molecule has 1 aromatic rings. The number of hydrogen-bond acceptors (Lipinski definition) is 5. The molecule has 1 spiro atoms. The van der Waals surface area contributed by atoms with Gasteiger partial charge in [-0.1, -0.05) is 0 Å². The van der Waals surface area contributed by atoms with Crippen molar-refractivity contribution in [2.75, 3.05) is 26.2 Å². The van der Waals surface area contributed by atoms with E-state index in [1.165, 1.54) is 6.39 Å². The number of aromatic nitrogens is 2. The van der Waals surface area contributed by atoms with Crippen molar-refractivity contribution in [3.8, 4) is 0 Å². The van der Waals surface area contributed by atoms with Crippen LogP contribution in [0.3, 0.4) is 0 Å². The van der Waals surface area contributed by atoms with Gasteiger partial charge in [-0.15, -0.1) is 10.2 Å². The Bertz CT molecular complexity index is 533. The standard InChI is InChI=1S/C15H22N4O3/c20-14(21)19-6-3-15(9-19)7-12(8-15)18-4-1-11(2-5-18)13-17-16-10-22-13/h10-12H,1-9H2,(H,20,21). The molecule has 3 heterocycles. The zero-order valence-corrected chi connectivity index (χ0v) is 12.6. The van der Waals surface area contributed by atoms with Crippen LogP contribution >= 0.6 is 0 Å². The number of rotatable bonds is 2. The third-order valence-corrected chi connectivity index (χ3v) is 5.82. The van der Waals surface area contributed by atoms with Crippen molar-refractivity contribution >= 4 is 6.09 Å². The molecule has 7 nitrogen and oxygen atoms in total. The van der Waals surface area contributed by atoms with Crippen LogP contribution in [0.15, 0.2) is 10.8 Å². The van der Waals surface area contributed by atoms with Gasteiger partial charge in [0.05, 0.1) is 0 Å². The largest absolute Gasteiger partial charge is 0.465 e. The summed E-state index contributed by atoms with van der Waals surface area (Å²) in [5, 5.41) is 16.9. The normalized spacial score (nSPS) is 33.3. The van der Waals surface area contributed by atoms with Gasteiger partial charge in [-0.3, -0.25) is 0 Å². The third kappa shape index (κ3) is 2.37. The lowest BCUT2D eigenvalue weighted by Crippen LogP contribution is -2.54. The molecule has 0 bridgehead atoms. The second-order valence-electron chi connectivity index (χ2n) is 7.10. The summed E-state index contributed by atoms with van der Waals surface area (Å²) in [5.74, 6) is 1.18.